The van der Waals surface area contributed by atoms with Crippen LogP contribution in [0.4, 0.5) is 0 Å². The molecule has 2 unspecified atom stereocenters. The quantitative estimate of drug-likeness (QED) is 0.912. The monoisotopic (exact) mass is 309 g/mol. The Kier molecular flexibility index (Phi) is 4.22. The summed E-state index contributed by atoms with van der Waals surface area (Å²) < 4.78 is 6.21. The number of furan rings is 1. The molecule has 2 aromatic rings. The predicted octanol–water partition coefficient (Wildman–Crippen LogP) is 3.13. The van der Waals surface area contributed by atoms with Gasteiger partial charge in [0.1, 0.15) is 5.76 Å². The van der Waals surface area contributed by atoms with E-state index in [-0.39, 0.29) is 5.92 Å². The number of halogens is 1. The standard InChI is InChI=1S/C14H16BrNO2/c1-9-12(5-6-18-9)14(17)13(8-16)10-3-2-4-11(15)7-10/h2-7,13-14,17H,8,16H2,1H3. The highest BCUT2D eigenvalue weighted by molar-refractivity contribution is 9.10. The molecule has 4 heteroatoms. The highest BCUT2D eigenvalue weighted by Gasteiger charge is 2.24. The fourth-order valence-electron chi connectivity index (χ4n) is 2.10. The lowest BCUT2D eigenvalue weighted by Crippen LogP contribution is -2.20. The van der Waals surface area contributed by atoms with E-state index >= 15 is 0 Å². The van der Waals surface area contributed by atoms with Crippen molar-refractivity contribution in [2.45, 2.75) is 18.9 Å². The molecule has 0 fully saturated rings. The molecule has 2 atom stereocenters. The van der Waals surface area contributed by atoms with E-state index in [1.54, 1.807) is 12.3 Å². The van der Waals surface area contributed by atoms with Crippen LogP contribution in [0.1, 0.15) is 28.9 Å². The normalized spacial score (nSPS) is 14.4. The predicted molar refractivity (Wildman–Crippen MR) is 74.3 cm³/mol. The molecule has 0 saturated heterocycles. The minimum Gasteiger partial charge on any atom is -0.469 e. The van der Waals surface area contributed by atoms with E-state index in [4.69, 9.17) is 10.2 Å². The Morgan fingerprint density at radius 1 is 1.39 bits per heavy atom. The van der Waals surface area contributed by atoms with Crippen LogP contribution in [-0.4, -0.2) is 11.7 Å². The van der Waals surface area contributed by atoms with E-state index in [1.165, 1.54) is 0 Å². The van der Waals surface area contributed by atoms with Crippen molar-refractivity contribution in [2.24, 2.45) is 5.73 Å². The first-order valence-electron chi connectivity index (χ1n) is 5.81. The van der Waals surface area contributed by atoms with Crippen molar-refractivity contribution >= 4 is 15.9 Å². The Morgan fingerprint density at radius 3 is 2.72 bits per heavy atom. The summed E-state index contributed by atoms with van der Waals surface area (Å²) >= 11 is 3.43. The van der Waals surface area contributed by atoms with Gasteiger partial charge in [0.05, 0.1) is 12.4 Å². The molecule has 3 N–H and O–H groups in total. The minimum atomic E-state index is -0.650. The summed E-state index contributed by atoms with van der Waals surface area (Å²) in [6.07, 6.45) is 0.936. The molecule has 0 bridgehead atoms. The van der Waals surface area contributed by atoms with Crippen LogP contribution >= 0.6 is 15.9 Å². The highest BCUT2D eigenvalue weighted by atomic mass is 79.9. The Balaban J connectivity index is 2.32. The number of aliphatic hydroxyl groups excluding tert-OH is 1. The highest BCUT2D eigenvalue weighted by Crippen LogP contribution is 2.33. The number of benzene rings is 1. The third-order valence-electron chi connectivity index (χ3n) is 3.13. The molecular weight excluding hydrogens is 294 g/mol. The van der Waals surface area contributed by atoms with E-state index < -0.39 is 6.10 Å². The molecule has 0 aliphatic rings. The first kappa shape index (κ1) is 13.3. The summed E-state index contributed by atoms with van der Waals surface area (Å²) in [7, 11) is 0. The van der Waals surface area contributed by atoms with Crippen molar-refractivity contribution in [1.29, 1.82) is 0 Å². The summed E-state index contributed by atoms with van der Waals surface area (Å²) in [5, 5.41) is 10.4. The van der Waals surface area contributed by atoms with Crippen LogP contribution in [0.15, 0.2) is 45.5 Å². The second-order valence-electron chi connectivity index (χ2n) is 4.27. The van der Waals surface area contributed by atoms with Crippen LogP contribution in [0.3, 0.4) is 0 Å². The van der Waals surface area contributed by atoms with Crippen LogP contribution in [0.2, 0.25) is 0 Å². The number of aryl methyl sites for hydroxylation is 1. The van der Waals surface area contributed by atoms with Crippen molar-refractivity contribution in [3.05, 3.63) is 58.0 Å². The van der Waals surface area contributed by atoms with E-state index in [0.717, 1.165) is 21.4 Å². The van der Waals surface area contributed by atoms with Crippen LogP contribution in [0.5, 0.6) is 0 Å². The van der Waals surface area contributed by atoms with Crippen LogP contribution in [0.25, 0.3) is 0 Å². The van der Waals surface area contributed by atoms with Gasteiger partial charge in [-0.3, -0.25) is 0 Å². The molecule has 1 heterocycles. The number of rotatable bonds is 4. The Bertz CT molecular complexity index is 524. The molecule has 0 aliphatic heterocycles. The van der Waals surface area contributed by atoms with Crippen LogP contribution in [0, 0.1) is 6.92 Å². The minimum absolute atomic E-state index is 0.140. The van der Waals surface area contributed by atoms with Gasteiger partial charge >= 0.3 is 0 Å². The van der Waals surface area contributed by atoms with Gasteiger partial charge in [0.15, 0.2) is 0 Å². The maximum atomic E-state index is 10.4. The third kappa shape index (κ3) is 2.66. The summed E-state index contributed by atoms with van der Waals surface area (Å²) in [6, 6.07) is 9.64. The van der Waals surface area contributed by atoms with Crippen molar-refractivity contribution < 1.29 is 9.52 Å². The SMILES string of the molecule is Cc1occc1C(O)C(CN)c1cccc(Br)c1. The second-order valence-corrected chi connectivity index (χ2v) is 5.19. The lowest BCUT2D eigenvalue weighted by molar-refractivity contribution is 0.145. The Hall–Kier alpha value is -1.10. The summed E-state index contributed by atoms with van der Waals surface area (Å²) in [6.45, 7) is 2.22. The average Bonchev–Trinajstić information content (AvgIpc) is 2.76. The maximum Gasteiger partial charge on any atom is 0.106 e. The first-order valence-corrected chi connectivity index (χ1v) is 6.60. The molecule has 2 rings (SSSR count). The molecule has 96 valence electrons. The van der Waals surface area contributed by atoms with Gasteiger partial charge in [-0.25, -0.2) is 0 Å². The van der Waals surface area contributed by atoms with Crippen molar-refractivity contribution in [2.75, 3.05) is 6.54 Å². The molecule has 1 aromatic carbocycles. The maximum absolute atomic E-state index is 10.4. The largest absolute Gasteiger partial charge is 0.469 e. The molecular formula is C14H16BrNO2. The van der Waals surface area contributed by atoms with E-state index in [2.05, 4.69) is 15.9 Å². The van der Waals surface area contributed by atoms with E-state index in [0.29, 0.717) is 6.54 Å². The van der Waals surface area contributed by atoms with Crippen LogP contribution in [-0.2, 0) is 0 Å². The second kappa shape index (κ2) is 5.69. The van der Waals surface area contributed by atoms with Gasteiger partial charge in [0.2, 0.25) is 0 Å². The Morgan fingerprint density at radius 2 is 2.17 bits per heavy atom. The van der Waals surface area contributed by atoms with Crippen molar-refractivity contribution in [3.63, 3.8) is 0 Å². The number of aliphatic hydroxyl groups is 1. The van der Waals surface area contributed by atoms with Gasteiger partial charge in [0, 0.05) is 22.5 Å². The van der Waals surface area contributed by atoms with E-state index in [9.17, 15) is 5.11 Å². The summed E-state index contributed by atoms with van der Waals surface area (Å²) in [5.41, 5.74) is 7.62. The van der Waals surface area contributed by atoms with Gasteiger partial charge in [0.25, 0.3) is 0 Å². The third-order valence-corrected chi connectivity index (χ3v) is 3.62. The van der Waals surface area contributed by atoms with Crippen molar-refractivity contribution in [3.8, 4) is 0 Å². The zero-order valence-electron chi connectivity index (χ0n) is 10.1. The molecule has 0 aliphatic carbocycles. The van der Waals surface area contributed by atoms with Gasteiger partial charge in [-0.15, -0.1) is 0 Å². The van der Waals surface area contributed by atoms with Crippen molar-refractivity contribution in [1.82, 2.24) is 0 Å². The number of nitrogens with two attached hydrogens (primary N) is 1. The van der Waals surface area contributed by atoms with Crippen LogP contribution < -0.4 is 5.73 Å². The van der Waals surface area contributed by atoms with Gasteiger partial charge in [-0.2, -0.15) is 0 Å². The van der Waals surface area contributed by atoms with E-state index in [1.807, 2.05) is 31.2 Å². The zero-order chi connectivity index (χ0) is 13.1. The fraction of sp³-hybridized carbons (Fsp3) is 0.286. The summed E-state index contributed by atoms with van der Waals surface area (Å²) in [5.74, 6) is 0.592. The first-order chi connectivity index (χ1) is 8.63. The molecule has 3 nitrogen and oxygen atoms in total. The van der Waals surface area contributed by atoms with Gasteiger partial charge in [-0.05, 0) is 30.7 Å². The molecule has 0 amide bonds. The molecule has 18 heavy (non-hydrogen) atoms. The number of hydrogen-bond donors (Lipinski definition) is 2. The molecule has 0 saturated carbocycles. The average molecular weight is 310 g/mol. The Labute approximate surface area is 115 Å². The molecule has 1 aromatic heterocycles. The molecule has 0 spiro atoms. The lowest BCUT2D eigenvalue weighted by Gasteiger charge is -2.21. The summed E-state index contributed by atoms with van der Waals surface area (Å²) in [4.78, 5) is 0. The number of hydrogen-bond acceptors (Lipinski definition) is 3. The topological polar surface area (TPSA) is 59.4 Å². The zero-order valence-corrected chi connectivity index (χ0v) is 11.7. The van der Waals surface area contributed by atoms with Gasteiger partial charge < -0.3 is 15.3 Å². The molecule has 0 radical (unpaired) electrons. The smallest absolute Gasteiger partial charge is 0.106 e. The lowest BCUT2D eigenvalue weighted by atomic mass is 9.89. The fourth-order valence-corrected chi connectivity index (χ4v) is 2.52. The van der Waals surface area contributed by atoms with Gasteiger partial charge in [-0.1, -0.05) is 28.1 Å².